The Morgan fingerprint density at radius 3 is 2.35 bits per heavy atom. The van der Waals surface area contributed by atoms with Gasteiger partial charge in [-0.15, -0.1) is 0 Å². The van der Waals surface area contributed by atoms with E-state index in [0.29, 0.717) is 30.3 Å². The van der Waals surface area contributed by atoms with E-state index in [1.54, 1.807) is 0 Å². The fourth-order valence-electron chi connectivity index (χ4n) is 2.24. The van der Waals surface area contributed by atoms with Gasteiger partial charge in [0.05, 0.1) is 43.7 Å². The first kappa shape index (κ1) is 19.6. The fourth-order valence-corrected chi connectivity index (χ4v) is 2.73. The number of rotatable bonds is 10. The third-order valence-corrected chi connectivity index (χ3v) is 4.33. The molecule has 0 aromatic heterocycles. The highest BCUT2D eigenvalue weighted by Gasteiger charge is 2.16. The number of quaternary nitrogens is 1. The lowest BCUT2D eigenvalue weighted by atomic mass is 10.2. The third kappa shape index (κ3) is 10.0. The molecule has 0 heterocycles. The van der Waals surface area contributed by atoms with E-state index in [0.717, 1.165) is 12.1 Å². The third-order valence-electron chi connectivity index (χ3n) is 3.54. The first-order valence-electron chi connectivity index (χ1n) is 7.63. The van der Waals surface area contributed by atoms with Crippen LogP contribution in [0.25, 0.3) is 0 Å². The minimum absolute atomic E-state index is 0.240. The maximum Gasteiger partial charge on any atom is 0.306 e. The number of carbonyl (C=O) groups is 1. The minimum Gasteiger partial charge on any atom is -0.748 e. The van der Waals surface area contributed by atoms with E-state index in [9.17, 15) is 17.8 Å². The summed E-state index contributed by atoms with van der Waals surface area (Å²) in [5.74, 6) is -0.579. The van der Waals surface area contributed by atoms with Gasteiger partial charge in [0.1, 0.15) is 6.61 Å². The number of hydrogen-bond acceptors (Lipinski definition) is 5. The number of nitrogens with zero attached hydrogens (tertiary/aromatic N) is 1. The Kier molecular flexibility index (Phi) is 7.67. The number of esters is 1. The predicted molar refractivity (Wildman–Crippen MR) is 86.5 cm³/mol. The number of carbonyl (C=O) groups excluding carboxylic acids is 1. The molecule has 0 saturated heterocycles. The van der Waals surface area contributed by atoms with Gasteiger partial charge in [-0.1, -0.05) is 30.3 Å². The molecule has 6 nitrogen and oxygen atoms in total. The van der Waals surface area contributed by atoms with Crippen LogP contribution in [0.1, 0.15) is 24.8 Å². The zero-order chi connectivity index (χ0) is 17.3. The molecule has 1 rings (SSSR count). The van der Waals surface area contributed by atoms with Gasteiger partial charge in [-0.3, -0.25) is 4.79 Å². The van der Waals surface area contributed by atoms with Crippen LogP contribution in [0.5, 0.6) is 0 Å². The SMILES string of the molecule is C[N+](C)(CCCC(=O)OCc1ccccc1)CCCS(=O)(=O)[O-]. The molecule has 130 valence electrons. The maximum absolute atomic E-state index is 11.7. The van der Waals surface area contributed by atoms with E-state index in [2.05, 4.69) is 0 Å². The molecule has 0 unspecified atom stereocenters. The van der Waals surface area contributed by atoms with E-state index in [1.807, 2.05) is 44.4 Å². The fraction of sp³-hybridized carbons (Fsp3) is 0.562. The van der Waals surface area contributed by atoms with Gasteiger partial charge < -0.3 is 13.8 Å². The van der Waals surface area contributed by atoms with Crippen molar-refractivity contribution in [1.82, 2.24) is 0 Å². The van der Waals surface area contributed by atoms with Crippen LogP contribution in [0.15, 0.2) is 30.3 Å². The Morgan fingerprint density at radius 2 is 1.74 bits per heavy atom. The van der Waals surface area contributed by atoms with Crippen LogP contribution in [0.4, 0.5) is 0 Å². The van der Waals surface area contributed by atoms with Gasteiger partial charge in [0.15, 0.2) is 0 Å². The highest BCUT2D eigenvalue weighted by Crippen LogP contribution is 2.07. The second-order valence-electron chi connectivity index (χ2n) is 6.25. The van der Waals surface area contributed by atoms with Crippen molar-refractivity contribution in [2.45, 2.75) is 25.9 Å². The van der Waals surface area contributed by atoms with Crippen molar-refractivity contribution in [1.29, 1.82) is 0 Å². The zero-order valence-corrected chi connectivity index (χ0v) is 14.5. The second-order valence-corrected chi connectivity index (χ2v) is 7.77. The van der Waals surface area contributed by atoms with E-state index < -0.39 is 10.1 Å². The molecule has 0 aliphatic heterocycles. The van der Waals surface area contributed by atoms with Gasteiger partial charge in [0, 0.05) is 18.6 Å². The van der Waals surface area contributed by atoms with Gasteiger partial charge in [-0.05, 0) is 5.56 Å². The monoisotopic (exact) mass is 343 g/mol. The number of hydrogen-bond donors (Lipinski definition) is 0. The molecule has 1 aromatic carbocycles. The molecule has 0 aliphatic rings. The summed E-state index contributed by atoms with van der Waals surface area (Å²) < 4.78 is 37.5. The molecule has 7 heteroatoms. The van der Waals surface area contributed by atoms with Crippen molar-refractivity contribution in [2.75, 3.05) is 32.9 Å². The van der Waals surface area contributed by atoms with Gasteiger partial charge >= 0.3 is 5.97 Å². The van der Waals surface area contributed by atoms with Gasteiger partial charge in [0.25, 0.3) is 0 Å². The molecule has 1 aromatic rings. The topological polar surface area (TPSA) is 83.5 Å². The first-order chi connectivity index (χ1) is 10.7. The van der Waals surface area contributed by atoms with Gasteiger partial charge in [-0.2, -0.15) is 0 Å². The van der Waals surface area contributed by atoms with Crippen LogP contribution in [0.3, 0.4) is 0 Å². The van der Waals surface area contributed by atoms with Crippen molar-refractivity contribution in [3.8, 4) is 0 Å². The summed E-state index contributed by atoms with van der Waals surface area (Å²) in [6.45, 7) is 1.58. The minimum atomic E-state index is -4.15. The normalized spacial score (nSPS) is 12.1. The summed E-state index contributed by atoms with van der Waals surface area (Å²) in [5, 5.41) is 0. The molecule has 0 atom stereocenters. The average molecular weight is 343 g/mol. The Hall–Kier alpha value is -1.44. The number of ether oxygens (including phenoxy) is 1. The lowest BCUT2D eigenvalue weighted by Crippen LogP contribution is -2.42. The molecule has 0 radical (unpaired) electrons. The predicted octanol–water partition coefficient (Wildman–Crippen LogP) is 1.52. The Bertz CT molecular complexity index is 584. The Balaban J connectivity index is 2.20. The van der Waals surface area contributed by atoms with Crippen LogP contribution in [0, 0.1) is 0 Å². The molecule has 23 heavy (non-hydrogen) atoms. The van der Waals surface area contributed by atoms with E-state index in [-0.39, 0.29) is 18.3 Å². The summed E-state index contributed by atoms with van der Waals surface area (Å²) >= 11 is 0. The van der Waals surface area contributed by atoms with Crippen molar-refractivity contribution in [3.63, 3.8) is 0 Å². The van der Waals surface area contributed by atoms with Gasteiger partial charge in [-0.25, -0.2) is 8.42 Å². The molecular formula is C16H25NO5S. The van der Waals surface area contributed by atoms with E-state index in [4.69, 9.17) is 4.74 Å². The van der Waals surface area contributed by atoms with Crippen molar-refractivity contribution >= 4 is 16.1 Å². The lowest BCUT2D eigenvalue weighted by molar-refractivity contribution is -0.890. The highest BCUT2D eigenvalue weighted by molar-refractivity contribution is 7.85. The smallest absolute Gasteiger partial charge is 0.306 e. The highest BCUT2D eigenvalue weighted by atomic mass is 32.2. The summed E-state index contributed by atoms with van der Waals surface area (Å²) in [6, 6.07) is 9.49. The molecule has 0 spiro atoms. The quantitative estimate of drug-likeness (QED) is 0.365. The lowest BCUT2D eigenvalue weighted by Gasteiger charge is -2.29. The molecular weight excluding hydrogens is 318 g/mol. The van der Waals surface area contributed by atoms with Crippen LogP contribution in [0.2, 0.25) is 0 Å². The maximum atomic E-state index is 11.7. The Morgan fingerprint density at radius 1 is 1.13 bits per heavy atom. The van der Waals surface area contributed by atoms with Crippen molar-refractivity contribution < 1.29 is 27.0 Å². The van der Waals surface area contributed by atoms with E-state index in [1.165, 1.54) is 0 Å². The molecule has 0 aliphatic carbocycles. The largest absolute Gasteiger partial charge is 0.748 e. The second kappa shape index (κ2) is 9.00. The molecule has 0 saturated carbocycles. The Labute approximate surface area is 138 Å². The van der Waals surface area contributed by atoms with E-state index >= 15 is 0 Å². The molecule has 0 bridgehead atoms. The van der Waals surface area contributed by atoms with Crippen molar-refractivity contribution in [2.24, 2.45) is 0 Å². The number of benzene rings is 1. The van der Waals surface area contributed by atoms with Crippen LogP contribution < -0.4 is 0 Å². The molecule has 0 fully saturated rings. The molecule has 0 amide bonds. The summed E-state index contributed by atoms with van der Waals surface area (Å²) in [6.07, 6.45) is 1.32. The van der Waals surface area contributed by atoms with Gasteiger partial charge in [0.2, 0.25) is 0 Å². The van der Waals surface area contributed by atoms with Crippen LogP contribution in [-0.4, -0.2) is 56.4 Å². The average Bonchev–Trinajstić information content (AvgIpc) is 2.44. The van der Waals surface area contributed by atoms with Crippen molar-refractivity contribution in [3.05, 3.63) is 35.9 Å². The molecule has 0 N–H and O–H groups in total. The zero-order valence-electron chi connectivity index (χ0n) is 13.7. The summed E-state index contributed by atoms with van der Waals surface area (Å²) in [7, 11) is -0.246. The first-order valence-corrected chi connectivity index (χ1v) is 9.21. The summed E-state index contributed by atoms with van der Waals surface area (Å²) in [5.41, 5.74) is 0.954. The summed E-state index contributed by atoms with van der Waals surface area (Å²) in [4.78, 5) is 11.7. The van der Waals surface area contributed by atoms with Crippen LogP contribution in [-0.2, 0) is 26.3 Å². The van der Waals surface area contributed by atoms with Crippen LogP contribution >= 0.6 is 0 Å². The standard InChI is InChI=1S/C16H25NO5S/c1-17(2,12-7-13-23(19,20)21)11-6-10-16(18)22-14-15-8-4-3-5-9-15/h3-5,8-9H,6-7,10-14H2,1-2H3.